The normalized spacial score (nSPS) is 18.2. The van der Waals surface area contributed by atoms with E-state index in [0.717, 1.165) is 32.9 Å². The second-order valence-electron chi connectivity index (χ2n) is 5.55. The number of fused-ring (bicyclic) bond motifs is 1. The first-order chi connectivity index (χ1) is 11.6. The summed E-state index contributed by atoms with van der Waals surface area (Å²) in [7, 11) is 0. The van der Waals surface area contributed by atoms with Crippen LogP contribution in [0.25, 0.3) is 16.5 Å². The van der Waals surface area contributed by atoms with Crippen molar-refractivity contribution in [2.45, 2.75) is 6.42 Å². The fraction of sp³-hybridized carbons (Fsp3) is 0.118. The zero-order valence-corrected chi connectivity index (χ0v) is 14.1. The molecule has 2 amide bonds. The van der Waals surface area contributed by atoms with E-state index in [-0.39, 0.29) is 11.8 Å². The highest BCUT2D eigenvalue weighted by molar-refractivity contribution is 7.80. The highest BCUT2D eigenvalue weighted by atomic mass is 32.1. The first-order valence-electron chi connectivity index (χ1n) is 7.45. The van der Waals surface area contributed by atoms with Crippen molar-refractivity contribution in [3.63, 3.8) is 0 Å². The van der Waals surface area contributed by atoms with Crippen LogP contribution in [-0.2, 0) is 11.2 Å². The Labute approximate surface area is 147 Å². The van der Waals surface area contributed by atoms with Crippen molar-refractivity contribution in [1.29, 1.82) is 0 Å². The molecule has 0 spiro atoms. The minimum atomic E-state index is -0.222. The standard InChI is InChI=1S/C17H13N3O2S2/c21-15-12-7-10(2-1-9(12)5-6-18-15)14-4-3-11(24-14)8-13-16(22)20-17(23)19-13/h1-4,7-8H,5-6H2,(H,18,21)(H2,19,20,22,23)/b13-8+. The van der Waals surface area contributed by atoms with Crippen molar-refractivity contribution in [3.8, 4) is 10.4 Å². The molecule has 0 bridgehead atoms. The lowest BCUT2D eigenvalue weighted by Crippen LogP contribution is -2.31. The molecule has 24 heavy (non-hydrogen) atoms. The van der Waals surface area contributed by atoms with Gasteiger partial charge in [0.25, 0.3) is 11.8 Å². The highest BCUT2D eigenvalue weighted by Crippen LogP contribution is 2.31. The molecule has 2 aromatic rings. The van der Waals surface area contributed by atoms with Gasteiger partial charge in [-0.1, -0.05) is 12.1 Å². The lowest BCUT2D eigenvalue weighted by Gasteiger charge is -2.16. The van der Waals surface area contributed by atoms with Crippen molar-refractivity contribution in [2.24, 2.45) is 0 Å². The quantitative estimate of drug-likeness (QED) is 0.570. The molecule has 0 radical (unpaired) electrons. The number of thiocarbonyl (C=S) groups is 1. The highest BCUT2D eigenvalue weighted by Gasteiger charge is 2.20. The zero-order chi connectivity index (χ0) is 16.7. The second kappa shape index (κ2) is 5.85. The molecule has 2 aliphatic heterocycles. The SMILES string of the molecule is O=C1NC(=S)N/C1=C/c1ccc(-c2ccc3c(c2)C(=O)NCC3)s1. The monoisotopic (exact) mass is 355 g/mol. The van der Waals surface area contributed by atoms with Crippen LogP contribution >= 0.6 is 23.6 Å². The molecule has 7 heteroatoms. The van der Waals surface area contributed by atoms with E-state index >= 15 is 0 Å². The zero-order valence-electron chi connectivity index (χ0n) is 12.5. The minimum absolute atomic E-state index is 0.0164. The summed E-state index contributed by atoms with van der Waals surface area (Å²) in [6.45, 7) is 0.693. The van der Waals surface area contributed by atoms with Gasteiger partial charge in [0.15, 0.2) is 5.11 Å². The number of hydrogen-bond donors (Lipinski definition) is 3. The molecular formula is C17H13N3O2S2. The Morgan fingerprint density at radius 1 is 1.08 bits per heavy atom. The van der Waals surface area contributed by atoms with Crippen molar-refractivity contribution in [3.05, 3.63) is 52.0 Å². The summed E-state index contributed by atoms with van der Waals surface area (Å²) in [5.74, 6) is -0.238. The summed E-state index contributed by atoms with van der Waals surface area (Å²) >= 11 is 6.48. The molecule has 1 fully saturated rings. The van der Waals surface area contributed by atoms with Gasteiger partial charge in [0.1, 0.15) is 5.70 Å². The maximum Gasteiger partial charge on any atom is 0.273 e. The average molecular weight is 355 g/mol. The van der Waals surface area contributed by atoms with Gasteiger partial charge in [-0.15, -0.1) is 11.3 Å². The molecule has 4 rings (SSSR count). The molecule has 0 aliphatic carbocycles. The van der Waals surface area contributed by atoms with E-state index in [1.807, 2.05) is 30.3 Å². The molecule has 3 heterocycles. The molecule has 120 valence electrons. The summed E-state index contributed by atoms with van der Waals surface area (Å²) < 4.78 is 0. The molecule has 1 aromatic heterocycles. The molecule has 1 aromatic carbocycles. The molecule has 0 unspecified atom stereocenters. The largest absolute Gasteiger partial charge is 0.352 e. The Morgan fingerprint density at radius 3 is 2.75 bits per heavy atom. The Bertz CT molecular complexity index is 914. The summed E-state index contributed by atoms with van der Waals surface area (Å²) in [6.07, 6.45) is 2.64. The van der Waals surface area contributed by atoms with E-state index in [9.17, 15) is 9.59 Å². The maximum atomic E-state index is 12.0. The summed E-state index contributed by atoms with van der Waals surface area (Å²) in [4.78, 5) is 25.7. The predicted octanol–water partition coefficient (Wildman–Crippen LogP) is 2.05. The van der Waals surface area contributed by atoms with Crippen molar-refractivity contribution in [1.82, 2.24) is 16.0 Å². The summed E-state index contributed by atoms with van der Waals surface area (Å²) in [6, 6.07) is 9.93. The number of carbonyl (C=O) groups excluding carboxylic acids is 2. The number of rotatable bonds is 2. The molecule has 3 N–H and O–H groups in total. The van der Waals surface area contributed by atoms with Crippen LogP contribution in [0.5, 0.6) is 0 Å². The van der Waals surface area contributed by atoms with E-state index < -0.39 is 0 Å². The Balaban J connectivity index is 1.65. The molecule has 5 nitrogen and oxygen atoms in total. The van der Waals surface area contributed by atoms with Crippen molar-refractivity contribution in [2.75, 3.05) is 6.54 Å². The number of thiophene rings is 1. The van der Waals surface area contributed by atoms with E-state index in [1.54, 1.807) is 17.4 Å². The Kier molecular flexibility index (Phi) is 3.66. The number of carbonyl (C=O) groups is 2. The van der Waals surface area contributed by atoms with Crippen LogP contribution in [0.4, 0.5) is 0 Å². The van der Waals surface area contributed by atoms with Crippen LogP contribution in [-0.4, -0.2) is 23.5 Å². The lowest BCUT2D eigenvalue weighted by molar-refractivity contribution is -0.115. The van der Waals surface area contributed by atoms with Gasteiger partial charge in [-0.2, -0.15) is 0 Å². The van der Waals surface area contributed by atoms with Gasteiger partial charge in [-0.05, 0) is 54.0 Å². The number of nitrogens with one attached hydrogen (secondary N) is 3. The molecule has 1 saturated heterocycles. The molecule has 0 saturated carbocycles. The maximum absolute atomic E-state index is 12.0. The van der Waals surface area contributed by atoms with Gasteiger partial charge in [0.05, 0.1) is 0 Å². The Hall–Kier alpha value is -2.51. The third kappa shape index (κ3) is 2.72. The summed E-state index contributed by atoms with van der Waals surface area (Å²) in [5.41, 5.74) is 3.27. The topological polar surface area (TPSA) is 70.2 Å². The molecular weight excluding hydrogens is 342 g/mol. The molecule has 2 aliphatic rings. The lowest BCUT2D eigenvalue weighted by atomic mass is 9.97. The average Bonchev–Trinajstić information content (AvgIpc) is 3.15. The van der Waals surface area contributed by atoms with Gasteiger partial charge in [0.2, 0.25) is 0 Å². The van der Waals surface area contributed by atoms with E-state index in [2.05, 4.69) is 16.0 Å². The molecule has 0 atom stereocenters. The fourth-order valence-corrected chi connectivity index (χ4v) is 3.93. The van der Waals surface area contributed by atoms with E-state index in [0.29, 0.717) is 17.4 Å². The summed E-state index contributed by atoms with van der Waals surface area (Å²) in [5, 5.41) is 8.56. The van der Waals surface area contributed by atoms with E-state index in [1.165, 1.54) is 0 Å². The first kappa shape index (κ1) is 15.0. The third-order valence-electron chi connectivity index (χ3n) is 3.95. The fourth-order valence-electron chi connectivity index (χ4n) is 2.78. The van der Waals surface area contributed by atoms with Gasteiger partial charge in [-0.25, -0.2) is 0 Å². The Morgan fingerprint density at radius 2 is 1.96 bits per heavy atom. The van der Waals surface area contributed by atoms with Gasteiger partial charge in [-0.3, -0.25) is 14.9 Å². The van der Waals surface area contributed by atoms with Crippen LogP contribution < -0.4 is 16.0 Å². The van der Waals surface area contributed by atoms with Crippen LogP contribution in [0.15, 0.2) is 36.0 Å². The van der Waals surface area contributed by atoms with Gasteiger partial charge >= 0.3 is 0 Å². The van der Waals surface area contributed by atoms with Gasteiger partial charge in [0, 0.05) is 21.9 Å². The van der Waals surface area contributed by atoms with Crippen LogP contribution in [0.1, 0.15) is 20.8 Å². The predicted molar refractivity (Wildman–Crippen MR) is 97.6 cm³/mol. The number of amides is 2. The van der Waals surface area contributed by atoms with Crippen molar-refractivity contribution >= 4 is 46.6 Å². The van der Waals surface area contributed by atoms with Crippen LogP contribution in [0.3, 0.4) is 0 Å². The smallest absolute Gasteiger partial charge is 0.273 e. The minimum Gasteiger partial charge on any atom is -0.352 e. The van der Waals surface area contributed by atoms with E-state index in [4.69, 9.17) is 12.2 Å². The first-order valence-corrected chi connectivity index (χ1v) is 8.68. The third-order valence-corrected chi connectivity index (χ3v) is 5.24. The van der Waals surface area contributed by atoms with Crippen LogP contribution in [0.2, 0.25) is 0 Å². The van der Waals surface area contributed by atoms with Gasteiger partial charge < -0.3 is 10.6 Å². The van der Waals surface area contributed by atoms with Crippen LogP contribution in [0, 0.1) is 0 Å². The number of benzene rings is 1. The van der Waals surface area contributed by atoms with Crippen molar-refractivity contribution < 1.29 is 9.59 Å². The number of hydrogen-bond acceptors (Lipinski definition) is 4. The second-order valence-corrected chi connectivity index (χ2v) is 7.07.